The molecule has 5 N–H and O–H groups in total. The molecule has 3 amide bonds. The van der Waals surface area contributed by atoms with Crippen molar-refractivity contribution in [1.29, 1.82) is 0 Å². The van der Waals surface area contributed by atoms with Gasteiger partial charge in [0, 0.05) is 18.7 Å². The maximum Gasteiger partial charge on any atom is 0.325 e. The third-order valence-electron chi connectivity index (χ3n) is 6.49. The Morgan fingerprint density at radius 3 is 2.49 bits per heavy atom. The van der Waals surface area contributed by atoms with Crippen molar-refractivity contribution in [2.24, 2.45) is 11.5 Å². The predicted molar refractivity (Wildman–Crippen MR) is 148 cm³/mol. The minimum absolute atomic E-state index is 0.270. The van der Waals surface area contributed by atoms with Gasteiger partial charge in [0.25, 0.3) is 5.91 Å². The van der Waals surface area contributed by atoms with Crippen LogP contribution in [0.3, 0.4) is 0 Å². The lowest BCUT2D eigenvalue weighted by atomic mass is 10.1. The van der Waals surface area contributed by atoms with E-state index in [1.54, 1.807) is 0 Å². The maximum atomic E-state index is 13.4. The number of hydrogen-bond donors (Lipinski definition) is 3. The van der Waals surface area contributed by atoms with Gasteiger partial charge < -0.3 is 16.8 Å². The SMILES string of the molecule is Cc1ccc(C2CC2)cc1N(C(N)=O)c1nc(-c2cccc(CN)c2)c(C(=O)NCc2ccccc2)s1. The van der Waals surface area contributed by atoms with Crippen LogP contribution in [-0.4, -0.2) is 16.9 Å². The van der Waals surface area contributed by atoms with Crippen LogP contribution in [0.4, 0.5) is 15.6 Å². The zero-order valence-corrected chi connectivity index (χ0v) is 21.4. The summed E-state index contributed by atoms with van der Waals surface area (Å²) in [5.41, 5.74) is 17.7. The summed E-state index contributed by atoms with van der Waals surface area (Å²) in [7, 11) is 0. The van der Waals surface area contributed by atoms with Gasteiger partial charge in [0.05, 0.1) is 11.4 Å². The monoisotopic (exact) mass is 511 g/mol. The highest BCUT2D eigenvalue weighted by Crippen LogP contribution is 2.43. The Morgan fingerprint density at radius 1 is 1.03 bits per heavy atom. The number of aromatic nitrogens is 1. The molecule has 8 heteroatoms. The highest BCUT2D eigenvalue weighted by molar-refractivity contribution is 7.18. The van der Waals surface area contributed by atoms with Crippen LogP contribution in [-0.2, 0) is 13.1 Å². The first-order chi connectivity index (χ1) is 17.9. The second-order valence-corrected chi connectivity index (χ2v) is 10.2. The van der Waals surface area contributed by atoms with Crippen molar-refractivity contribution in [3.63, 3.8) is 0 Å². The first-order valence-electron chi connectivity index (χ1n) is 12.3. The predicted octanol–water partition coefficient (Wildman–Crippen LogP) is 5.60. The second-order valence-electron chi connectivity index (χ2n) is 9.24. The lowest BCUT2D eigenvalue weighted by molar-refractivity contribution is 0.0955. The molecule has 0 radical (unpaired) electrons. The van der Waals surface area contributed by atoms with Gasteiger partial charge in [0.2, 0.25) is 0 Å². The standard InChI is InChI=1S/C29H29N5O2S/c1-18-10-11-22(21-12-13-21)15-24(18)34(28(31)36)29-33-25(23-9-5-8-20(14-23)16-30)26(37-29)27(35)32-17-19-6-3-2-4-7-19/h2-11,14-15,21H,12-13,16-17,30H2,1H3,(H2,31,36)(H,32,35). The molecule has 0 unspecified atom stereocenters. The van der Waals surface area contributed by atoms with E-state index >= 15 is 0 Å². The van der Waals surface area contributed by atoms with Crippen LogP contribution >= 0.6 is 11.3 Å². The van der Waals surface area contributed by atoms with E-state index in [1.807, 2.05) is 73.7 Å². The highest BCUT2D eigenvalue weighted by Gasteiger charge is 2.29. The third-order valence-corrected chi connectivity index (χ3v) is 7.53. The first kappa shape index (κ1) is 24.7. The molecule has 1 aliphatic carbocycles. The summed E-state index contributed by atoms with van der Waals surface area (Å²) in [5.74, 6) is 0.243. The van der Waals surface area contributed by atoms with Gasteiger partial charge in [-0.2, -0.15) is 0 Å². The number of carbonyl (C=O) groups is 2. The Hall–Kier alpha value is -4.01. The van der Waals surface area contributed by atoms with E-state index in [4.69, 9.17) is 16.5 Å². The molecule has 1 fully saturated rings. The molecule has 1 saturated carbocycles. The average molecular weight is 512 g/mol. The van der Waals surface area contributed by atoms with Crippen molar-refractivity contribution in [3.05, 3.63) is 99.9 Å². The summed E-state index contributed by atoms with van der Waals surface area (Å²) < 4.78 is 0. The number of primary amides is 1. The highest BCUT2D eigenvalue weighted by atomic mass is 32.1. The molecule has 0 aliphatic heterocycles. The molecule has 188 valence electrons. The molecular formula is C29H29N5O2S. The second kappa shape index (κ2) is 10.5. The number of amides is 3. The van der Waals surface area contributed by atoms with Gasteiger partial charge in [-0.15, -0.1) is 0 Å². The van der Waals surface area contributed by atoms with Gasteiger partial charge in [-0.3, -0.25) is 4.79 Å². The Bertz CT molecular complexity index is 1450. The summed E-state index contributed by atoms with van der Waals surface area (Å²) in [6.07, 6.45) is 2.29. The average Bonchev–Trinajstić information content (AvgIpc) is 3.68. The third kappa shape index (κ3) is 5.40. The molecule has 0 atom stereocenters. The van der Waals surface area contributed by atoms with Crippen molar-refractivity contribution in [2.75, 3.05) is 4.90 Å². The van der Waals surface area contributed by atoms with E-state index in [9.17, 15) is 9.59 Å². The van der Waals surface area contributed by atoms with Crippen molar-refractivity contribution in [2.45, 2.75) is 38.8 Å². The topological polar surface area (TPSA) is 114 Å². The van der Waals surface area contributed by atoms with Gasteiger partial charge in [-0.25, -0.2) is 14.7 Å². The quantitative estimate of drug-likeness (QED) is 0.286. The number of thiazole rings is 1. The molecule has 37 heavy (non-hydrogen) atoms. The number of nitrogens with one attached hydrogen (secondary N) is 1. The number of nitrogens with zero attached hydrogens (tertiary/aromatic N) is 2. The number of rotatable bonds is 8. The smallest absolute Gasteiger partial charge is 0.325 e. The molecule has 1 aliphatic rings. The Labute approximate surface area is 220 Å². The van der Waals surface area contributed by atoms with E-state index < -0.39 is 6.03 Å². The van der Waals surface area contributed by atoms with Crippen molar-refractivity contribution in [3.8, 4) is 11.3 Å². The van der Waals surface area contributed by atoms with Gasteiger partial charge in [0.1, 0.15) is 4.88 Å². The maximum absolute atomic E-state index is 13.4. The molecule has 1 aromatic heterocycles. The fourth-order valence-corrected chi connectivity index (χ4v) is 5.34. The normalized spacial score (nSPS) is 12.8. The first-order valence-corrected chi connectivity index (χ1v) is 13.1. The van der Waals surface area contributed by atoms with Crippen LogP contribution in [0.15, 0.2) is 72.8 Å². The molecule has 5 rings (SSSR count). The van der Waals surface area contributed by atoms with Crippen LogP contribution in [0, 0.1) is 6.92 Å². The molecular weight excluding hydrogens is 482 g/mol. The zero-order valence-electron chi connectivity index (χ0n) is 20.6. The largest absolute Gasteiger partial charge is 0.351 e. The van der Waals surface area contributed by atoms with E-state index in [1.165, 1.54) is 10.5 Å². The fraction of sp³-hybridized carbons (Fsp3) is 0.207. The van der Waals surface area contributed by atoms with Crippen molar-refractivity contribution < 1.29 is 9.59 Å². The van der Waals surface area contributed by atoms with Crippen LogP contribution in [0.2, 0.25) is 0 Å². The minimum atomic E-state index is -0.650. The number of aryl methyl sites for hydroxylation is 1. The van der Waals surface area contributed by atoms with Gasteiger partial charge in [0.15, 0.2) is 5.13 Å². The van der Waals surface area contributed by atoms with Gasteiger partial charge >= 0.3 is 6.03 Å². The molecule has 3 aromatic carbocycles. The summed E-state index contributed by atoms with van der Waals surface area (Å²) in [6, 6.07) is 22.8. The van der Waals surface area contributed by atoms with Crippen molar-refractivity contribution >= 4 is 34.1 Å². The Morgan fingerprint density at radius 2 is 1.78 bits per heavy atom. The van der Waals surface area contributed by atoms with Crippen LogP contribution in [0.1, 0.15) is 50.7 Å². The number of anilines is 2. The molecule has 0 bridgehead atoms. The molecule has 7 nitrogen and oxygen atoms in total. The van der Waals surface area contributed by atoms with Crippen molar-refractivity contribution in [1.82, 2.24) is 10.3 Å². The van der Waals surface area contributed by atoms with Crippen LogP contribution < -0.4 is 21.7 Å². The van der Waals surface area contributed by atoms with E-state index in [2.05, 4.69) is 11.4 Å². The summed E-state index contributed by atoms with van der Waals surface area (Å²) in [4.78, 5) is 32.8. The molecule has 4 aromatic rings. The summed E-state index contributed by atoms with van der Waals surface area (Å²) >= 11 is 1.15. The molecule has 1 heterocycles. The molecule has 0 spiro atoms. The van der Waals surface area contributed by atoms with E-state index in [-0.39, 0.29) is 5.91 Å². The fourth-order valence-electron chi connectivity index (χ4n) is 4.31. The number of nitrogens with two attached hydrogens (primary N) is 2. The number of hydrogen-bond acceptors (Lipinski definition) is 5. The Kier molecular flexibility index (Phi) is 7.03. The molecule has 0 saturated heterocycles. The number of urea groups is 1. The number of carbonyl (C=O) groups excluding carboxylic acids is 2. The zero-order chi connectivity index (χ0) is 25.9. The lowest BCUT2D eigenvalue weighted by Crippen LogP contribution is -2.32. The van der Waals surface area contributed by atoms with E-state index in [0.29, 0.717) is 40.4 Å². The summed E-state index contributed by atoms with van der Waals surface area (Å²) in [5, 5.41) is 3.34. The van der Waals surface area contributed by atoms with E-state index in [0.717, 1.165) is 46.4 Å². The summed E-state index contributed by atoms with van der Waals surface area (Å²) in [6.45, 7) is 2.67. The van der Waals surface area contributed by atoms with Crippen LogP contribution in [0.25, 0.3) is 11.3 Å². The minimum Gasteiger partial charge on any atom is -0.351 e. The van der Waals surface area contributed by atoms with Gasteiger partial charge in [-0.1, -0.05) is 72.0 Å². The Balaban J connectivity index is 1.57. The van der Waals surface area contributed by atoms with Gasteiger partial charge in [-0.05, 0) is 60.1 Å². The number of benzene rings is 3. The van der Waals surface area contributed by atoms with Crippen LogP contribution in [0.5, 0.6) is 0 Å². The lowest BCUT2D eigenvalue weighted by Gasteiger charge is -2.20.